The van der Waals surface area contributed by atoms with Gasteiger partial charge in [-0.2, -0.15) is 5.10 Å². The fourth-order valence-electron chi connectivity index (χ4n) is 3.27. The number of benzene rings is 1. The van der Waals surface area contributed by atoms with Crippen LogP contribution in [0.25, 0.3) is 17.3 Å². The maximum Gasteiger partial charge on any atom is 0.258 e. The molecule has 1 aromatic carbocycles. The fraction of sp³-hybridized carbons (Fsp3) is 0.318. The van der Waals surface area contributed by atoms with Crippen molar-refractivity contribution in [1.82, 2.24) is 15.1 Å². The molecule has 0 aliphatic heterocycles. The number of amides is 1. The summed E-state index contributed by atoms with van der Waals surface area (Å²) < 4.78 is 15.6. The van der Waals surface area contributed by atoms with Crippen LogP contribution >= 0.6 is 23.8 Å². The number of nitrogens with one attached hydrogen (secondary N) is 1. The zero-order valence-corrected chi connectivity index (χ0v) is 17.9. The number of carbonyl (C=O) groups is 1. The third-order valence-corrected chi connectivity index (χ3v) is 5.76. The Bertz CT molecular complexity index is 969. The van der Waals surface area contributed by atoms with Gasteiger partial charge in [-0.1, -0.05) is 49.5 Å². The fourth-order valence-corrected chi connectivity index (χ4v) is 3.84. The summed E-state index contributed by atoms with van der Waals surface area (Å²) in [5.74, 6) is -0.320. The molecule has 152 valence electrons. The molecule has 4 nitrogen and oxygen atoms in total. The Morgan fingerprint density at radius 1 is 1.45 bits per heavy atom. The van der Waals surface area contributed by atoms with Gasteiger partial charge in [0.2, 0.25) is 0 Å². The van der Waals surface area contributed by atoms with Crippen molar-refractivity contribution in [2.75, 3.05) is 0 Å². The zero-order chi connectivity index (χ0) is 21.0. The molecule has 0 radical (unpaired) electrons. The van der Waals surface area contributed by atoms with Crippen molar-refractivity contribution in [1.29, 1.82) is 0 Å². The molecule has 0 bridgehead atoms. The first-order valence-corrected chi connectivity index (χ1v) is 10.3. The lowest BCUT2D eigenvalue weighted by Gasteiger charge is -2.30. The van der Waals surface area contributed by atoms with Crippen molar-refractivity contribution in [3.05, 3.63) is 60.1 Å². The molecule has 1 aromatic heterocycles. The Labute approximate surface area is 180 Å². The first kappa shape index (κ1) is 21.4. The maximum absolute atomic E-state index is 14.0. The van der Waals surface area contributed by atoms with Crippen molar-refractivity contribution in [3.8, 4) is 11.3 Å². The lowest BCUT2D eigenvalue weighted by molar-refractivity contribution is -0.115. The Balaban J connectivity index is 1.61. The summed E-state index contributed by atoms with van der Waals surface area (Å²) in [7, 11) is 1.79. The normalized spacial score (nSPS) is 21.4. The monoisotopic (exact) mass is 431 g/mol. The van der Waals surface area contributed by atoms with Gasteiger partial charge in [-0.3, -0.25) is 9.48 Å². The smallest absolute Gasteiger partial charge is 0.258 e. The molecule has 1 aliphatic carbocycles. The van der Waals surface area contributed by atoms with E-state index in [4.69, 9.17) is 23.8 Å². The standard InChI is InChI=1S/C22H23ClFN3OS/c1-14-7-5-10-17(23)21(14)25-22(28)20(29)12-6-8-15-13-19(26-27(15)2)16-9-3-4-11-18(16)24/h3-6,8-11,13-14,17,21H,7,12H2,1-2H3,(H,25,28)/b8-6+. The highest BCUT2D eigenvalue weighted by Crippen LogP contribution is 2.23. The molecule has 0 saturated carbocycles. The van der Waals surface area contributed by atoms with Gasteiger partial charge in [-0.05, 0) is 36.6 Å². The topological polar surface area (TPSA) is 46.9 Å². The highest BCUT2D eigenvalue weighted by atomic mass is 35.5. The number of allylic oxidation sites excluding steroid dienone is 2. The molecule has 1 aliphatic rings. The summed E-state index contributed by atoms with van der Waals surface area (Å²) in [6, 6.07) is 8.18. The molecule has 1 heterocycles. The number of hydrogen-bond acceptors (Lipinski definition) is 3. The number of rotatable bonds is 6. The van der Waals surface area contributed by atoms with Gasteiger partial charge in [0.05, 0.1) is 27.7 Å². The number of nitrogens with zero attached hydrogens (tertiary/aromatic N) is 2. The van der Waals surface area contributed by atoms with Gasteiger partial charge >= 0.3 is 0 Å². The minimum Gasteiger partial charge on any atom is -0.347 e. The van der Waals surface area contributed by atoms with Crippen LogP contribution in [0.15, 0.2) is 48.6 Å². The van der Waals surface area contributed by atoms with Crippen LogP contribution in [-0.2, 0) is 11.8 Å². The SMILES string of the molecule is CC1CC=CC(Cl)C1NC(=O)C(=S)C/C=C/c1cc(-c2ccccc2F)nn1C. The first-order valence-electron chi connectivity index (χ1n) is 9.46. The van der Waals surface area contributed by atoms with Crippen molar-refractivity contribution in [3.63, 3.8) is 0 Å². The summed E-state index contributed by atoms with van der Waals surface area (Å²) in [4.78, 5) is 12.7. The molecule has 3 unspecified atom stereocenters. The maximum atomic E-state index is 14.0. The molecule has 0 fully saturated rings. The van der Waals surface area contributed by atoms with E-state index in [0.29, 0.717) is 22.5 Å². The van der Waals surface area contributed by atoms with Gasteiger partial charge in [0, 0.05) is 19.0 Å². The summed E-state index contributed by atoms with van der Waals surface area (Å²) in [6.07, 6.45) is 8.79. The first-order chi connectivity index (χ1) is 13.9. The second kappa shape index (κ2) is 9.46. The van der Waals surface area contributed by atoms with Crippen LogP contribution in [0, 0.1) is 11.7 Å². The zero-order valence-electron chi connectivity index (χ0n) is 16.3. The van der Waals surface area contributed by atoms with Gasteiger partial charge in [0.1, 0.15) is 5.82 Å². The van der Waals surface area contributed by atoms with Gasteiger partial charge in [-0.15, -0.1) is 11.6 Å². The van der Waals surface area contributed by atoms with E-state index in [0.717, 1.165) is 12.1 Å². The van der Waals surface area contributed by atoms with E-state index < -0.39 is 0 Å². The molecule has 3 rings (SSSR count). The summed E-state index contributed by atoms with van der Waals surface area (Å²) in [6.45, 7) is 2.06. The molecular formula is C22H23ClFN3OS. The highest BCUT2D eigenvalue weighted by molar-refractivity contribution is 7.82. The third-order valence-electron chi connectivity index (χ3n) is 4.99. The Hall–Kier alpha value is -2.31. The average Bonchev–Trinajstić information content (AvgIpc) is 3.05. The Kier molecular flexibility index (Phi) is 6.98. The quantitative estimate of drug-likeness (QED) is 0.410. The van der Waals surface area contributed by atoms with Gasteiger partial charge < -0.3 is 5.32 Å². The van der Waals surface area contributed by atoms with E-state index in [1.807, 2.05) is 24.3 Å². The van der Waals surface area contributed by atoms with Crippen molar-refractivity contribution < 1.29 is 9.18 Å². The lowest BCUT2D eigenvalue weighted by Crippen LogP contribution is -2.48. The molecule has 2 aromatic rings. The molecule has 29 heavy (non-hydrogen) atoms. The number of hydrogen-bond donors (Lipinski definition) is 1. The molecular weight excluding hydrogens is 409 g/mol. The molecule has 3 atom stereocenters. The average molecular weight is 432 g/mol. The minimum atomic E-state index is -0.316. The van der Waals surface area contributed by atoms with Crippen LogP contribution in [0.3, 0.4) is 0 Å². The molecule has 0 spiro atoms. The second-order valence-electron chi connectivity index (χ2n) is 7.17. The van der Waals surface area contributed by atoms with Crippen molar-refractivity contribution in [2.45, 2.75) is 31.2 Å². The Morgan fingerprint density at radius 2 is 2.21 bits per heavy atom. The largest absolute Gasteiger partial charge is 0.347 e. The van der Waals surface area contributed by atoms with Crippen LogP contribution in [0.5, 0.6) is 0 Å². The van der Waals surface area contributed by atoms with Gasteiger partial charge in [0.15, 0.2) is 0 Å². The summed E-state index contributed by atoms with van der Waals surface area (Å²) in [5, 5.41) is 7.09. The van der Waals surface area contributed by atoms with E-state index >= 15 is 0 Å². The molecule has 0 saturated heterocycles. The van der Waals surface area contributed by atoms with Gasteiger partial charge in [-0.25, -0.2) is 4.39 Å². The molecule has 1 amide bonds. The number of carbonyl (C=O) groups excluding carboxylic acids is 1. The number of thiocarbonyl (C=S) groups is 1. The van der Waals surface area contributed by atoms with E-state index in [1.54, 1.807) is 36.0 Å². The summed E-state index contributed by atoms with van der Waals surface area (Å²) in [5.41, 5.74) is 1.79. The van der Waals surface area contributed by atoms with E-state index in [9.17, 15) is 9.18 Å². The molecule has 1 N–H and O–H groups in total. The predicted octanol–water partition coefficient (Wildman–Crippen LogP) is 4.69. The Morgan fingerprint density at radius 3 is 2.93 bits per heavy atom. The van der Waals surface area contributed by atoms with Crippen LogP contribution in [0.2, 0.25) is 0 Å². The van der Waals surface area contributed by atoms with E-state index in [1.165, 1.54) is 6.07 Å². The second-order valence-corrected chi connectivity index (χ2v) is 8.17. The number of halogens is 2. The highest BCUT2D eigenvalue weighted by Gasteiger charge is 2.28. The van der Waals surface area contributed by atoms with Crippen LogP contribution in [0.4, 0.5) is 4.39 Å². The molecule has 7 heteroatoms. The number of aromatic nitrogens is 2. The summed E-state index contributed by atoms with van der Waals surface area (Å²) >= 11 is 11.6. The third kappa shape index (κ3) is 5.19. The number of alkyl halides is 1. The van der Waals surface area contributed by atoms with Crippen LogP contribution in [0.1, 0.15) is 25.5 Å². The number of aryl methyl sites for hydroxylation is 1. The van der Waals surface area contributed by atoms with E-state index in [2.05, 4.69) is 17.3 Å². The lowest BCUT2D eigenvalue weighted by atomic mass is 9.90. The minimum absolute atomic E-state index is 0.128. The van der Waals surface area contributed by atoms with E-state index in [-0.39, 0.29) is 29.1 Å². The van der Waals surface area contributed by atoms with Gasteiger partial charge in [0.25, 0.3) is 5.91 Å². The van der Waals surface area contributed by atoms with Crippen molar-refractivity contribution >= 4 is 40.7 Å². The van der Waals surface area contributed by atoms with Crippen LogP contribution < -0.4 is 5.32 Å². The van der Waals surface area contributed by atoms with Crippen molar-refractivity contribution in [2.24, 2.45) is 13.0 Å². The van der Waals surface area contributed by atoms with Crippen LogP contribution in [-0.4, -0.2) is 32.0 Å². The predicted molar refractivity (Wildman–Crippen MR) is 119 cm³/mol.